The van der Waals surface area contributed by atoms with Crippen LogP contribution in [0.5, 0.6) is 0 Å². The van der Waals surface area contributed by atoms with Gasteiger partial charge in [0, 0.05) is 44.1 Å². The molecule has 0 atom stereocenters. The van der Waals surface area contributed by atoms with Crippen LogP contribution < -0.4 is 5.32 Å². The van der Waals surface area contributed by atoms with E-state index in [1.165, 1.54) is 10.9 Å². The van der Waals surface area contributed by atoms with Crippen molar-refractivity contribution in [1.82, 2.24) is 14.5 Å². The molecule has 0 spiro atoms. The molecule has 0 unspecified atom stereocenters. The Balaban J connectivity index is 1.63. The van der Waals surface area contributed by atoms with Gasteiger partial charge in [0.25, 0.3) is 0 Å². The maximum atomic E-state index is 12.5. The number of hydrogen-bond donors (Lipinski definition) is 1. The summed E-state index contributed by atoms with van der Waals surface area (Å²) in [6.45, 7) is 3.58. The quantitative estimate of drug-likeness (QED) is 0.645. The molecule has 1 amide bonds. The first-order chi connectivity index (χ1) is 13.1. The van der Waals surface area contributed by atoms with E-state index in [-0.39, 0.29) is 5.91 Å². The van der Waals surface area contributed by atoms with Gasteiger partial charge < -0.3 is 14.8 Å². The molecule has 0 saturated carbocycles. The minimum atomic E-state index is -0.0339. The standard InChI is InChI=1S/C22H26N4O/c1-4-13-23-21-11-9-17(15-24-21)10-12-22(27)25(2)16-19-14-18-7-5-6-8-20(18)26(19)3/h5-12,14-15H,4,13,16H2,1-3H3,(H,23,24)/b12-10+. The average molecular weight is 362 g/mol. The minimum absolute atomic E-state index is 0.0339. The predicted octanol–water partition coefficient (Wildman–Crippen LogP) is 4.07. The molecule has 5 heteroatoms. The number of rotatable bonds is 7. The fraction of sp³-hybridized carbons (Fsp3) is 0.273. The van der Waals surface area contributed by atoms with E-state index in [1.54, 1.807) is 23.2 Å². The Morgan fingerprint density at radius 1 is 1.26 bits per heavy atom. The van der Waals surface area contributed by atoms with Crippen molar-refractivity contribution < 1.29 is 4.79 Å². The fourth-order valence-corrected chi connectivity index (χ4v) is 2.97. The number of anilines is 1. The number of fused-ring (bicyclic) bond motifs is 1. The summed E-state index contributed by atoms with van der Waals surface area (Å²) < 4.78 is 2.13. The number of likely N-dealkylation sites (N-methyl/N-ethyl adjacent to an activating group) is 1. The first-order valence-corrected chi connectivity index (χ1v) is 9.25. The molecule has 0 bridgehead atoms. The lowest BCUT2D eigenvalue weighted by molar-refractivity contribution is -0.125. The number of benzene rings is 1. The van der Waals surface area contributed by atoms with E-state index < -0.39 is 0 Å². The van der Waals surface area contributed by atoms with Crippen LogP contribution in [0.15, 0.2) is 54.7 Å². The summed E-state index contributed by atoms with van der Waals surface area (Å²) in [5, 5.41) is 4.42. The summed E-state index contributed by atoms with van der Waals surface area (Å²) in [7, 11) is 3.85. The van der Waals surface area contributed by atoms with Crippen LogP contribution in [0, 0.1) is 0 Å². The van der Waals surface area contributed by atoms with Gasteiger partial charge >= 0.3 is 0 Å². The van der Waals surface area contributed by atoms with Crippen LogP contribution in [-0.2, 0) is 18.4 Å². The molecule has 0 aliphatic rings. The van der Waals surface area contributed by atoms with E-state index in [9.17, 15) is 4.79 Å². The Kier molecular flexibility index (Phi) is 5.91. The minimum Gasteiger partial charge on any atom is -0.370 e. The number of nitrogens with one attached hydrogen (secondary N) is 1. The smallest absolute Gasteiger partial charge is 0.246 e. The molecule has 0 aliphatic carbocycles. The molecular weight excluding hydrogens is 336 g/mol. The summed E-state index contributed by atoms with van der Waals surface area (Å²) in [6, 6.07) is 14.3. The zero-order chi connectivity index (χ0) is 19.2. The SMILES string of the molecule is CCCNc1ccc(/C=C/C(=O)N(C)Cc2cc3ccccc3n2C)cn1. The highest BCUT2D eigenvalue weighted by atomic mass is 16.2. The molecule has 0 fully saturated rings. The van der Waals surface area contributed by atoms with Crippen LogP contribution in [0.25, 0.3) is 17.0 Å². The molecule has 140 valence electrons. The van der Waals surface area contributed by atoms with Crippen LogP contribution in [0.2, 0.25) is 0 Å². The number of carbonyl (C=O) groups is 1. The molecule has 0 saturated heterocycles. The van der Waals surface area contributed by atoms with Gasteiger partial charge in [-0.05, 0) is 47.7 Å². The Labute approximate surface area is 160 Å². The maximum absolute atomic E-state index is 12.5. The molecule has 0 radical (unpaired) electrons. The number of nitrogens with zero attached hydrogens (tertiary/aromatic N) is 3. The predicted molar refractivity (Wildman–Crippen MR) is 111 cm³/mol. The van der Waals surface area contributed by atoms with Gasteiger partial charge in [-0.1, -0.05) is 25.1 Å². The third-order valence-electron chi connectivity index (χ3n) is 4.59. The summed E-state index contributed by atoms with van der Waals surface area (Å²) in [5.74, 6) is 0.821. The highest BCUT2D eigenvalue weighted by Crippen LogP contribution is 2.19. The van der Waals surface area contributed by atoms with Gasteiger partial charge in [0.2, 0.25) is 5.91 Å². The molecule has 3 aromatic rings. The van der Waals surface area contributed by atoms with Gasteiger partial charge in [-0.2, -0.15) is 0 Å². The topological polar surface area (TPSA) is 50.2 Å². The van der Waals surface area contributed by atoms with Gasteiger partial charge in [-0.25, -0.2) is 4.98 Å². The third kappa shape index (κ3) is 4.56. The molecule has 2 heterocycles. The van der Waals surface area contributed by atoms with E-state index in [0.29, 0.717) is 6.54 Å². The molecule has 0 aliphatic heterocycles. The third-order valence-corrected chi connectivity index (χ3v) is 4.59. The Morgan fingerprint density at radius 2 is 2.07 bits per heavy atom. The summed E-state index contributed by atoms with van der Waals surface area (Å²) in [6.07, 6.45) is 6.22. The Hall–Kier alpha value is -3.08. The Morgan fingerprint density at radius 3 is 2.78 bits per heavy atom. The van der Waals surface area contributed by atoms with Crippen molar-refractivity contribution in [3.63, 3.8) is 0 Å². The molecular formula is C22H26N4O. The van der Waals surface area contributed by atoms with Crippen LogP contribution in [0.3, 0.4) is 0 Å². The number of hydrogen-bond acceptors (Lipinski definition) is 3. The number of amides is 1. The van der Waals surface area contributed by atoms with E-state index in [0.717, 1.165) is 30.0 Å². The second kappa shape index (κ2) is 8.54. The second-order valence-electron chi connectivity index (χ2n) is 6.68. The first kappa shape index (κ1) is 18.7. The summed E-state index contributed by atoms with van der Waals surface area (Å²) >= 11 is 0. The van der Waals surface area contributed by atoms with Gasteiger partial charge in [0.1, 0.15) is 5.82 Å². The van der Waals surface area contributed by atoms with E-state index in [4.69, 9.17) is 0 Å². The zero-order valence-electron chi connectivity index (χ0n) is 16.1. The number of aromatic nitrogens is 2. The van der Waals surface area contributed by atoms with Crippen molar-refractivity contribution in [3.05, 3.63) is 66.0 Å². The monoisotopic (exact) mass is 362 g/mol. The number of aryl methyl sites for hydroxylation is 1. The lowest BCUT2D eigenvalue weighted by Crippen LogP contribution is -2.25. The van der Waals surface area contributed by atoms with Gasteiger partial charge in [0.15, 0.2) is 0 Å². The van der Waals surface area contributed by atoms with Gasteiger partial charge in [0.05, 0.1) is 6.54 Å². The van der Waals surface area contributed by atoms with Crippen LogP contribution in [0.4, 0.5) is 5.82 Å². The molecule has 2 aromatic heterocycles. The lowest BCUT2D eigenvalue weighted by atomic mass is 10.2. The van der Waals surface area contributed by atoms with Crippen LogP contribution >= 0.6 is 0 Å². The zero-order valence-corrected chi connectivity index (χ0v) is 16.1. The number of pyridine rings is 1. The van der Waals surface area contributed by atoms with Crippen molar-refractivity contribution >= 4 is 28.7 Å². The van der Waals surface area contributed by atoms with Crippen LogP contribution in [-0.4, -0.2) is 34.0 Å². The van der Waals surface area contributed by atoms with E-state index in [1.807, 2.05) is 38.4 Å². The van der Waals surface area contributed by atoms with Crippen molar-refractivity contribution in [2.45, 2.75) is 19.9 Å². The van der Waals surface area contributed by atoms with Crippen molar-refractivity contribution in [2.75, 3.05) is 18.9 Å². The second-order valence-corrected chi connectivity index (χ2v) is 6.68. The summed E-state index contributed by atoms with van der Waals surface area (Å²) in [5.41, 5.74) is 3.18. The number of carbonyl (C=O) groups excluding carboxylic acids is 1. The highest BCUT2D eigenvalue weighted by Gasteiger charge is 2.10. The van der Waals surface area contributed by atoms with Crippen molar-refractivity contribution in [3.8, 4) is 0 Å². The first-order valence-electron chi connectivity index (χ1n) is 9.25. The maximum Gasteiger partial charge on any atom is 0.246 e. The summed E-state index contributed by atoms with van der Waals surface area (Å²) in [4.78, 5) is 18.5. The fourth-order valence-electron chi connectivity index (χ4n) is 2.97. The average Bonchev–Trinajstić information content (AvgIpc) is 3.01. The largest absolute Gasteiger partial charge is 0.370 e. The van der Waals surface area contributed by atoms with E-state index in [2.05, 4.69) is 40.0 Å². The van der Waals surface area contributed by atoms with Crippen molar-refractivity contribution in [1.29, 1.82) is 0 Å². The van der Waals surface area contributed by atoms with Crippen molar-refractivity contribution in [2.24, 2.45) is 7.05 Å². The molecule has 27 heavy (non-hydrogen) atoms. The molecule has 1 N–H and O–H groups in total. The van der Waals surface area contributed by atoms with Crippen LogP contribution in [0.1, 0.15) is 24.6 Å². The highest BCUT2D eigenvalue weighted by molar-refractivity contribution is 5.91. The van der Waals surface area contributed by atoms with E-state index >= 15 is 0 Å². The van der Waals surface area contributed by atoms with Gasteiger partial charge in [-0.3, -0.25) is 4.79 Å². The molecule has 1 aromatic carbocycles. The molecule has 5 nitrogen and oxygen atoms in total. The van der Waals surface area contributed by atoms with Gasteiger partial charge in [-0.15, -0.1) is 0 Å². The Bertz CT molecular complexity index is 941. The molecule has 3 rings (SSSR count). The lowest BCUT2D eigenvalue weighted by Gasteiger charge is -2.15. The number of para-hydroxylation sites is 1. The normalized spacial score (nSPS) is 11.2.